The highest BCUT2D eigenvalue weighted by atomic mass is 16.2. The Bertz CT molecular complexity index is 450. The summed E-state index contributed by atoms with van der Waals surface area (Å²) in [5, 5.41) is 0. The number of anilines is 1. The van der Waals surface area contributed by atoms with E-state index in [4.69, 9.17) is 0 Å². The third kappa shape index (κ3) is 2.28. The Balaban J connectivity index is 2.05. The lowest BCUT2D eigenvalue weighted by Crippen LogP contribution is -2.29. The van der Waals surface area contributed by atoms with Gasteiger partial charge in [0.15, 0.2) is 0 Å². The van der Waals surface area contributed by atoms with E-state index in [9.17, 15) is 4.79 Å². The standard InChI is InChI=1S/C12H13N3O/c1-15(10-5-3-2-4-6-10)12(16)9-11-13-7-8-14-11/h2-8H,9H2,1H3,(H,13,14)/p+1. The molecule has 0 aliphatic carbocycles. The van der Waals surface area contributed by atoms with E-state index in [-0.39, 0.29) is 5.91 Å². The second-order valence-corrected chi connectivity index (χ2v) is 3.57. The second-order valence-electron chi connectivity index (χ2n) is 3.57. The maximum atomic E-state index is 11.9. The van der Waals surface area contributed by atoms with Crippen LogP contribution in [0.1, 0.15) is 5.82 Å². The fraction of sp³-hybridized carbons (Fsp3) is 0.167. The molecule has 82 valence electrons. The molecular formula is C12H14N3O+. The highest BCUT2D eigenvalue weighted by Gasteiger charge is 2.15. The zero-order valence-electron chi connectivity index (χ0n) is 9.10. The number of nitrogens with one attached hydrogen (secondary N) is 2. The van der Waals surface area contributed by atoms with Crippen LogP contribution in [-0.2, 0) is 11.2 Å². The minimum absolute atomic E-state index is 0.0462. The molecule has 1 aromatic carbocycles. The summed E-state index contributed by atoms with van der Waals surface area (Å²) in [6.45, 7) is 0. The molecule has 1 heterocycles. The van der Waals surface area contributed by atoms with Crippen LogP contribution >= 0.6 is 0 Å². The average molecular weight is 216 g/mol. The third-order valence-electron chi connectivity index (χ3n) is 2.44. The summed E-state index contributed by atoms with van der Waals surface area (Å²) in [6, 6.07) is 9.59. The number of hydrogen-bond acceptors (Lipinski definition) is 1. The summed E-state index contributed by atoms with van der Waals surface area (Å²) in [6.07, 6.45) is 3.88. The van der Waals surface area contributed by atoms with Gasteiger partial charge in [0.1, 0.15) is 18.8 Å². The first-order chi connectivity index (χ1) is 7.77. The van der Waals surface area contributed by atoms with Crippen molar-refractivity contribution >= 4 is 11.6 Å². The number of carbonyl (C=O) groups is 1. The van der Waals surface area contributed by atoms with Gasteiger partial charge in [0.25, 0.3) is 5.82 Å². The smallest absolute Gasteiger partial charge is 0.261 e. The Labute approximate surface area is 93.9 Å². The van der Waals surface area contributed by atoms with Gasteiger partial charge in [-0.3, -0.25) is 4.79 Å². The molecule has 2 aromatic rings. The lowest BCUT2D eigenvalue weighted by atomic mass is 10.2. The largest absolute Gasteiger partial charge is 0.315 e. The van der Waals surface area contributed by atoms with Gasteiger partial charge in [-0.25, -0.2) is 9.97 Å². The number of carbonyl (C=O) groups excluding carboxylic acids is 1. The zero-order valence-corrected chi connectivity index (χ0v) is 9.10. The van der Waals surface area contributed by atoms with Gasteiger partial charge < -0.3 is 4.90 Å². The van der Waals surface area contributed by atoms with Crippen molar-refractivity contribution in [3.63, 3.8) is 0 Å². The number of para-hydroxylation sites is 1. The van der Waals surface area contributed by atoms with Crippen LogP contribution in [0.4, 0.5) is 5.69 Å². The highest BCUT2D eigenvalue weighted by Crippen LogP contribution is 2.11. The van der Waals surface area contributed by atoms with Crippen LogP contribution in [0.25, 0.3) is 0 Å². The maximum absolute atomic E-state index is 11.9. The number of likely N-dealkylation sites (N-methyl/N-ethyl adjacent to an activating group) is 1. The number of aromatic amines is 2. The fourth-order valence-corrected chi connectivity index (χ4v) is 1.49. The fourth-order valence-electron chi connectivity index (χ4n) is 1.49. The van der Waals surface area contributed by atoms with E-state index in [0.29, 0.717) is 6.42 Å². The number of rotatable bonds is 3. The summed E-state index contributed by atoms with van der Waals surface area (Å²) in [4.78, 5) is 19.5. The van der Waals surface area contributed by atoms with Gasteiger partial charge in [0, 0.05) is 12.7 Å². The predicted molar refractivity (Wildman–Crippen MR) is 60.9 cm³/mol. The number of amides is 1. The molecule has 0 aliphatic heterocycles. The van der Waals surface area contributed by atoms with Crippen LogP contribution in [0.3, 0.4) is 0 Å². The van der Waals surface area contributed by atoms with Gasteiger partial charge in [-0.15, -0.1) is 0 Å². The van der Waals surface area contributed by atoms with Crippen LogP contribution in [-0.4, -0.2) is 17.9 Å². The molecule has 0 spiro atoms. The van der Waals surface area contributed by atoms with Crippen LogP contribution in [0.5, 0.6) is 0 Å². The molecule has 1 amide bonds. The Kier molecular flexibility index (Phi) is 3.00. The zero-order chi connectivity index (χ0) is 11.4. The summed E-state index contributed by atoms with van der Waals surface area (Å²) in [5.74, 6) is 0.859. The van der Waals surface area contributed by atoms with Crippen molar-refractivity contribution in [1.82, 2.24) is 4.98 Å². The van der Waals surface area contributed by atoms with E-state index in [1.54, 1.807) is 24.3 Å². The first kappa shape index (κ1) is 10.4. The van der Waals surface area contributed by atoms with Gasteiger partial charge >= 0.3 is 0 Å². The summed E-state index contributed by atoms with van der Waals surface area (Å²) < 4.78 is 0. The Morgan fingerprint density at radius 3 is 2.75 bits per heavy atom. The van der Waals surface area contributed by atoms with Gasteiger partial charge in [0.2, 0.25) is 5.91 Å². The number of hydrogen-bond donors (Lipinski definition) is 1. The van der Waals surface area contributed by atoms with Crippen LogP contribution in [0, 0.1) is 0 Å². The lowest BCUT2D eigenvalue weighted by Gasteiger charge is -2.15. The molecule has 4 heteroatoms. The van der Waals surface area contributed by atoms with Crippen molar-refractivity contribution in [3.8, 4) is 0 Å². The monoisotopic (exact) mass is 216 g/mol. The van der Waals surface area contributed by atoms with E-state index in [1.807, 2.05) is 30.3 Å². The molecule has 0 saturated heterocycles. The van der Waals surface area contributed by atoms with E-state index in [1.165, 1.54) is 0 Å². The number of imidazole rings is 1. The molecule has 0 fully saturated rings. The summed E-state index contributed by atoms with van der Waals surface area (Å²) in [7, 11) is 1.78. The molecule has 0 saturated carbocycles. The van der Waals surface area contributed by atoms with Crippen molar-refractivity contribution in [2.24, 2.45) is 0 Å². The predicted octanol–water partition coefficient (Wildman–Crippen LogP) is 1.03. The van der Waals surface area contributed by atoms with Crippen LogP contribution in [0.15, 0.2) is 42.7 Å². The molecule has 0 atom stereocenters. The number of nitrogens with zero attached hydrogens (tertiary/aromatic N) is 1. The van der Waals surface area contributed by atoms with Gasteiger partial charge in [-0.05, 0) is 12.1 Å². The lowest BCUT2D eigenvalue weighted by molar-refractivity contribution is -0.387. The van der Waals surface area contributed by atoms with Crippen molar-refractivity contribution in [2.45, 2.75) is 6.42 Å². The van der Waals surface area contributed by atoms with E-state index >= 15 is 0 Å². The minimum atomic E-state index is 0.0462. The molecule has 4 nitrogen and oxygen atoms in total. The van der Waals surface area contributed by atoms with Crippen molar-refractivity contribution in [2.75, 3.05) is 11.9 Å². The second kappa shape index (κ2) is 4.61. The first-order valence-corrected chi connectivity index (χ1v) is 5.13. The number of H-pyrrole nitrogens is 2. The maximum Gasteiger partial charge on any atom is 0.261 e. The molecule has 0 bridgehead atoms. The molecule has 16 heavy (non-hydrogen) atoms. The van der Waals surface area contributed by atoms with Crippen molar-refractivity contribution in [3.05, 3.63) is 48.5 Å². The third-order valence-corrected chi connectivity index (χ3v) is 2.44. The molecule has 1 aromatic heterocycles. The molecule has 0 aliphatic rings. The summed E-state index contributed by atoms with van der Waals surface area (Å²) in [5.41, 5.74) is 0.902. The number of benzene rings is 1. The topological polar surface area (TPSA) is 50.2 Å². The Morgan fingerprint density at radius 1 is 1.38 bits per heavy atom. The normalized spacial score (nSPS) is 10.1. The van der Waals surface area contributed by atoms with Gasteiger partial charge in [-0.1, -0.05) is 18.2 Å². The molecule has 2 N–H and O–H groups in total. The van der Waals surface area contributed by atoms with Gasteiger partial charge in [-0.2, -0.15) is 0 Å². The molecule has 0 unspecified atom stereocenters. The molecular weight excluding hydrogens is 202 g/mol. The highest BCUT2D eigenvalue weighted by molar-refractivity contribution is 5.93. The summed E-state index contributed by atoms with van der Waals surface area (Å²) >= 11 is 0. The van der Waals surface area contributed by atoms with Crippen LogP contribution < -0.4 is 9.88 Å². The van der Waals surface area contributed by atoms with Gasteiger partial charge in [0.05, 0.1) is 0 Å². The molecule has 2 rings (SSSR count). The number of aromatic nitrogens is 2. The van der Waals surface area contributed by atoms with E-state index in [2.05, 4.69) is 9.97 Å². The minimum Gasteiger partial charge on any atom is -0.315 e. The Morgan fingerprint density at radius 2 is 2.12 bits per heavy atom. The average Bonchev–Trinajstić information content (AvgIpc) is 2.82. The van der Waals surface area contributed by atoms with Crippen LogP contribution in [0.2, 0.25) is 0 Å². The quantitative estimate of drug-likeness (QED) is 0.818. The SMILES string of the molecule is CN(C(=O)Cc1[nH]cc[nH+]1)c1ccccc1. The first-order valence-electron chi connectivity index (χ1n) is 5.13. The van der Waals surface area contributed by atoms with E-state index in [0.717, 1.165) is 11.5 Å². The Hall–Kier alpha value is -2.10. The molecule has 0 radical (unpaired) electrons. The van der Waals surface area contributed by atoms with E-state index < -0.39 is 0 Å². The van der Waals surface area contributed by atoms with Crippen molar-refractivity contribution < 1.29 is 9.78 Å². The van der Waals surface area contributed by atoms with Crippen molar-refractivity contribution in [1.29, 1.82) is 0 Å².